The average Bonchev–Trinajstić information content (AvgIpc) is 3.57. The first kappa shape index (κ1) is 18.3. The SMILES string of the molecule is [2H]C([2H])([2H])c1c[c-]c(-c2ccc(C([2H])([2H])[2H])cn2)cc1.[2H]C([2H])([2H])c1ccc2cc(-c3cc(-c4[c-]ccc5c4oc4nc(C([2H])([2H])[2H])ccc45)ncc3C([2H])([2H])[2H])ccc2n1.[Ir]. The topological polar surface area (TPSA) is 64.7 Å². The van der Waals surface area contributed by atoms with E-state index in [0.717, 1.165) is 0 Å². The molecule has 0 amide bonds. The molecule has 0 aliphatic heterocycles. The van der Waals surface area contributed by atoms with Crippen molar-refractivity contribution in [2.75, 3.05) is 0 Å². The van der Waals surface area contributed by atoms with Gasteiger partial charge >= 0.3 is 0 Å². The Morgan fingerprint density at radius 1 is 0.681 bits per heavy atom. The number of fused-ring (bicyclic) bond motifs is 4. The fourth-order valence-electron chi connectivity index (χ4n) is 5.07. The minimum Gasteiger partial charge on any atom is -0.486 e. The number of hydrogen-bond donors (Lipinski definition) is 0. The molecule has 5 aromatic heterocycles. The molecule has 0 aliphatic carbocycles. The van der Waals surface area contributed by atoms with Crippen LogP contribution in [0.4, 0.5) is 0 Å². The fourth-order valence-corrected chi connectivity index (χ4v) is 5.07. The summed E-state index contributed by atoms with van der Waals surface area (Å²) in [4.78, 5) is 17.0. The zero-order valence-electron chi connectivity index (χ0n) is 39.3. The van der Waals surface area contributed by atoms with Gasteiger partial charge in [-0.3, -0.25) is 4.98 Å². The number of rotatable bonds is 3. The standard InChI is InChI=1S/C28H20N3O.C13H12N.Ir/c1-16-15-29-26(14-24(16)19-10-12-25-20(13-19)9-7-17(2)30-25)23-6-4-5-21-22-11-8-18(3)31-28(22)32-27(21)23;1-10-3-6-12(7-4-10)13-8-5-11(2)9-14-13;/h4-5,7-15H,1-3H3;3-6,8-9H,1-2H3;/q2*-1;/i1D3,2D3,3D3;1D3,2D3;. The van der Waals surface area contributed by atoms with Crippen LogP contribution in [0.2, 0.25) is 0 Å². The van der Waals surface area contributed by atoms with Gasteiger partial charge in [0.05, 0.1) is 11.1 Å². The molecule has 0 aliphatic rings. The van der Waals surface area contributed by atoms with Crippen LogP contribution in [-0.2, 0) is 20.1 Å². The summed E-state index contributed by atoms with van der Waals surface area (Å²) in [6, 6.07) is 30.0. The molecule has 1 radical (unpaired) electrons. The summed E-state index contributed by atoms with van der Waals surface area (Å²) in [5.74, 6) is 0. The number of aryl methyl sites for hydroxylation is 5. The minimum absolute atomic E-state index is 0. The molecule has 0 N–H and O–H groups in total. The molecule has 47 heavy (non-hydrogen) atoms. The van der Waals surface area contributed by atoms with Crippen molar-refractivity contribution in [1.82, 2.24) is 19.9 Å². The summed E-state index contributed by atoms with van der Waals surface area (Å²) in [6.45, 7) is -11.6. The van der Waals surface area contributed by atoms with Gasteiger partial charge in [0.15, 0.2) is 0 Å². The van der Waals surface area contributed by atoms with Gasteiger partial charge in [-0.15, -0.1) is 53.6 Å². The molecular formula is C41H32IrN4O-2. The first-order chi connectivity index (χ1) is 28.4. The van der Waals surface area contributed by atoms with Crippen molar-refractivity contribution in [2.45, 2.75) is 34.3 Å². The normalized spacial score (nSPS) is 17.0. The van der Waals surface area contributed by atoms with Gasteiger partial charge in [-0.2, -0.15) is 0 Å². The fraction of sp³-hybridized carbons (Fsp3) is 0.122. The van der Waals surface area contributed by atoms with E-state index in [0.29, 0.717) is 60.9 Å². The molecule has 0 fully saturated rings. The first-order valence-corrected chi connectivity index (χ1v) is 14.0. The number of nitrogens with zero attached hydrogens (tertiary/aromatic N) is 4. The molecular weight excluding hydrogens is 757 g/mol. The summed E-state index contributed by atoms with van der Waals surface area (Å²) in [5, 5.41) is 1.96. The van der Waals surface area contributed by atoms with Crippen LogP contribution < -0.4 is 0 Å². The van der Waals surface area contributed by atoms with Gasteiger partial charge < -0.3 is 14.4 Å². The van der Waals surface area contributed by atoms with Gasteiger partial charge in [0.1, 0.15) is 0 Å². The van der Waals surface area contributed by atoms with Crippen LogP contribution in [0, 0.1) is 46.4 Å². The third-order valence-corrected chi connectivity index (χ3v) is 7.31. The largest absolute Gasteiger partial charge is 0.486 e. The number of aromatic nitrogens is 4. The number of furan rings is 1. The van der Waals surface area contributed by atoms with Crippen LogP contribution in [-0.4, -0.2) is 19.9 Å². The Balaban J connectivity index is 0.000000258. The molecule has 8 rings (SSSR count). The summed E-state index contributed by atoms with van der Waals surface area (Å²) < 4.78 is 120. The molecule has 6 heteroatoms. The van der Waals surface area contributed by atoms with Gasteiger partial charge in [0.2, 0.25) is 5.71 Å². The second kappa shape index (κ2) is 13.4. The van der Waals surface area contributed by atoms with Crippen molar-refractivity contribution in [3.05, 3.63) is 144 Å². The zero-order chi connectivity index (χ0) is 44.3. The van der Waals surface area contributed by atoms with E-state index in [2.05, 4.69) is 32.1 Å². The molecule has 5 heterocycles. The Morgan fingerprint density at radius 3 is 2.32 bits per heavy atom. The van der Waals surface area contributed by atoms with Gasteiger partial charge in [-0.1, -0.05) is 48.1 Å². The van der Waals surface area contributed by atoms with Crippen molar-refractivity contribution in [1.29, 1.82) is 0 Å². The number of pyridine rings is 4. The van der Waals surface area contributed by atoms with E-state index < -0.39 is 34.3 Å². The number of benzene rings is 3. The number of hydrogen-bond acceptors (Lipinski definition) is 5. The Hall–Kier alpha value is -5.03. The van der Waals surface area contributed by atoms with Crippen LogP contribution in [0.15, 0.2) is 108 Å². The van der Waals surface area contributed by atoms with Crippen LogP contribution in [0.25, 0.3) is 66.6 Å². The van der Waals surface area contributed by atoms with Crippen molar-refractivity contribution >= 4 is 33.0 Å². The van der Waals surface area contributed by atoms with E-state index in [1.165, 1.54) is 42.7 Å². The molecule has 0 atom stereocenters. The molecule has 0 saturated carbocycles. The van der Waals surface area contributed by atoms with Crippen molar-refractivity contribution in [3.63, 3.8) is 0 Å². The quantitative estimate of drug-likeness (QED) is 0.167. The summed E-state index contributed by atoms with van der Waals surface area (Å²) in [7, 11) is 0. The van der Waals surface area contributed by atoms with Crippen LogP contribution in [0.5, 0.6) is 0 Å². The predicted molar refractivity (Wildman–Crippen MR) is 187 cm³/mol. The maximum atomic E-state index is 8.11. The third-order valence-electron chi connectivity index (χ3n) is 7.31. The first-order valence-electron chi connectivity index (χ1n) is 21.5. The minimum atomic E-state index is -2.47. The Bertz CT molecular complexity index is 2840. The molecule has 0 bridgehead atoms. The maximum absolute atomic E-state index is 8.11. The Morgan fingerprint density at radius 2 is 1.53 bits per heavy atom. The Labute approximate surface area is 309 Å². The smallest absolute Gasteiger partial charge is 0.216 e. The van der Waals surface area contributed by atoms with Crippen LogP contribution in [0.3, 0.4) is 0 Å². The maximum Gasteiger partial charge on any atom is 0.216 e. The summed E-state index contributed by atoms with van der Waals surface area (Å²) in [6.07, 6.45) is 2.60. The van der Waals surface area contributed by atoms with Crippen molar-refractivity contribution in [3.8, 4) is 33.6 Å². The molecule has 0 spiro atoms. The second-order valence-corrected chi connectivity index (χ2v) is 10.4. The van der Waals surface area contributed by atoms with Gasteiger partial charge in [0, 0.05) is 75.2 Å². The van der Waals surface area contributed by atoms with E-state index in [4.69, 9.17) is 25.0 Å². The molecule has 5 nitrogen and oxygen atoms in total. The van der Waals surface area contributed by atoms with Crippen molar-refractivity contribution in [2.24, 2.45) is 0 Å². The van der Waals surface area contributed by atoms with E-state index >= 15 is 0 Å². The van der Waals surface area contributed by atoms with E-state index in [1.807, 2.05) is 0 Å². The molecule has 0 saturated heterocycles. The van der Waals surface area contributed by atoms with E-state index in [1.54, 1.807) is 60.7 Å². The summed E-state index contributed by atoms with van der Waals surface area (Å²) in [5.41, 5.74) is 4.32. The average molecular weight is 804 g/mol. The van der Waals surface area contributed by atoms with Gasteiger partial charge in [-0.25, -0.2) is 4.98 Å². The second-order valence-electron chi connectivity index (χ2n) is 10.4. The Kier molecular flexibility index (Phi) is 5.22. The summed E-state index contributed by atoms with van der Waals surface area (Å²) >= 11 is 0. The molecule has 3 aromatic carbocycles. The van der Waals surface area contributed by atoms with Crippen LogP contribution in [0.1, 0.15) is 48.6 Å². The molecule has 0 unspecified atom stereocenters. The molecule has 8 aromatic rings. The zero-order valence-corrected chi connectivity index (χ0v) is 26.7. The van der Waals surface area contributed by atoms with Gasteiger partial charge in [0.25, 0.3) is 0 Å². The van der Waals surface area contributed by atoms with E-state index in [-0.39, 0.29) is 53.9 Å². The van der Waals surface area contributed by atoms with Gasteiger partial charge in [-0.05, 0) is 91.4 Å². The van der Waals surface area contributed by atoms with Crippen molar-refractivity contribution < 1.29 is 45.1 Å². The van der Waals surface area contributed by atoms with E-state index in [9.17, 15) is 0 Å². The molecule has 233 valence electrons. The van der Waals surface area contributed by atoms with Crippen LogP contribution >= 0.6 is 0 Å². The monoisotopic (exact) mass is 804 g/mol. The third kappa shape index (κ3) is 6.62. The predicted octanol–water partition coefficient (Wildman–Crippen LogP) is 10.1.